The maximum absolute atomic E-state index is 15.0. The zero-order valence-corrected chi connectivity index (χ0v) is 18.3. The smallest absolute Gasteiger partial charge is 0.350 e. The van der Waals surface area contributed by atoms with Crippen LogP contribution in [0.25, 0.3) is 5.95 Å². The maximum atomic E-state index is 15.0. The number of nitrogens with one attached hydrogen (secondary N) is 2. The Morgan fingerprint density at radius 2 is 1.97 bits per heavy atom. The molecule has 2 heterocycles. The van der Waals surface area contributed by atoms with Crippen LogP contribution in [0.4, 0.5) is 10.1 Å². The number of halogens is 1. The minimum atomic E-state index is -0.784. The number of nitriles is 1. The summed E-state index contributed by atoms with van der Waals surface area (Å²) in [6, 6.07) is 13.0. The molecule has 0 aliphatic carbocycles. The van der Waals surface area contributed by atoms with Gasteiger partial charge >= 0.3 is 5.69 Å². The van der Waals surface area contributed by atoms with Crippen molar-refractivity contribution < 1.29 is 13.9 Å². The van der Waals surface area contributed by atoms with E-state index in [2.05, 4.69) is 25.4 Å². The van der Waals surface area contributed by atoms with Crippen LogP contribution in [-0.4, -0.2) is 38.4 Å². The van der Waals surface area contributed by atoms with Gasteiger partial charge in [-0.3, -0.25) is 4.98 Å². The molecule has 1 atom stereocenters. The Bertz CT molecular complexity index is 1380. The van der Waals surface area contributed by atoms with Gasteiger partial charge in [0, 0.05) is 18.1 Å². The fourth-order valence-electron chi connectivity index (χ4n) is 3.28. The summed E-state index contributed by atoms with van der Waals surface area (Å²) in [6.07, 6.45) is 2.98. The van der Waals surface area contributed by atoms with Gasteiger partial charge in [0.1, 0.15) is 12.1 Å². The Hall–Kier alpha value is -4.72. The number of rotatable bonds is 8. The van der Waals surface area contributed by atoms with Gasteiger partial charge in [-0.15, -0.1) is 9.78 Å². The fourth-order valence-corrected chi connectivity index (χ4v) is 3.28. The lowest BCUT2D eigenvalue weighted by Crippen LogP contribution is -2.18. The molecule has 0 bridgehead atoms. The first-order valence-corrected chi connectivity index (χ1v) is 10.2. The molecule has 0 spiro atoms. The largest absolute Gasteiger partial charge is 0.493 e. The third-order valence-electron chi connectivity index (χ3n) is 4.88. The monoisotopic (exact) mass is 461 g/mol. The molecule has 2 N–H and O–H groups in total. The van der Waals surface area contributed by atoms with Crippen molar-refractivity contribution in [3.63, 3.8) is 0 Å². The first kappa shape index (κ1) is 22.5. The van der Waals surface area contributed by atoms with Gasteiger partial charge in [0.15, 0.2) is 29.7 Å². The van der Waals surface area contributed by atoms with E-state index in [1.54, 1.807) is 18.2 Å². The van der Waals surface area contributed by atoms with Gasteiger partial charge in [0.25, 0.3) is 5.95 Å². The van der Waals surface area contributed by atoms with Crippen molar-refractivity contribution in [3.8, 4) is 23.5 Å². The Morgan fingerprint density at radius 1 is 1.24 bits per heavy atom. The van der Waals surface area contributed by atoms with E-state index in [0.717, 1.165) is 10.2 Å². The number of methoxy groups -OCH3 is 1. The Kier molecular flexibility index (Phi) is 6.49. The minimum absolute atomic E-state index is 0.0908. The van der Waals surface area contributed by atoms with Gasteiger partial charge in [-0.2, -0.15) is 5.26 Å². The van der Waals surface area contributed by atoms with Crippen LogP contribution in [0, 0.1) is 24.1 Å². The second-order valence-electron chi connectivity index (χ2n) is 7.20. The number of aromatic amines is 1. The van der Waals surface area contributed by atoms with Crippen molar-refractivity contribution in [2.75, 3.05) is 19.0 Å². The Labute approximate surface area is 193 Å². The number of aryl methyl sites for hydroxylation is 1. The predicted octanol–water partition coefficient (Wildman–Crippen LogP) is 2.91. The molecule has 0 saturated heterocycles. The van der Waals surface area contributed by atoms with Crippen LogP contribution in [0.15, 0.2) is 59.7 Å². The summed E-state index contributed by atoms with van der Waals surface area (Å²) >= 11 is 0. The number of hydrogen-bond donors (Lipinski definition) is 2. The molecule has 0 aliphatic heterocycles. The van der Waals surface area contributed by atoms with E-state index in [9.17, 15) is 9.18 Å². The first-order valence-electron chi connectivity index (χ1n) is 10.2. The quantitative estimate of drug-likeness (QED) is 0.410. The minimum Gasteiger partial charge on any atom is -0.493 e. The molecule has 0 radical (unpaired) electrons. The molecule has 172 valence electrons. The SMILES string of the molecule is COc1cc(C(Nc2ccc(C)cc2)c2nn(-c3ncccn3)c(=O)[nH]2)cc(F)c1OCC#N. The van der Waals surface area contributed by atoms with E-state index in [1.807, 2.05) is 31.2 Å². The molecular weight excluding hydrogens is 441 g/mol. The highest BCUT2D eigenvalue weighted by atomic mass is 19.1. The highest BCUT2D eigenvalue weighted by Gasteiger charge is 2.24. The summed E-state index contributed by atoms with van der Waals surface area (Å²) in [5, 5.41) is 16.4. The molecule has 11 heteroatoms. The van der Waals surface area contributed by atoms with Crippen molar-refractivity contribution >= 4 is 5.69 Å². The highest BCUT2D eigenvalue weighted by molar-refractivity contribution is 5.52. The van der Waals surface area contributed by atoms with Gasteiger partial charge < -0.3 is 14.8 Å². The van der Waals surface area contributed by atoms with Gasteiger partial charge in [0.05, 0.1) is 7.11 Å². The van der Waals surface area contributed by atoms with Gasteiger partial charge in [0.2, 0.25) is 0 Å². The summed E-state index contributed by atoms with van der Waals surface area (Å²) < 4.78 is 26.5. The second kappa shape index (κ2) is 9.83. The van der Waals surface area contributed by atoms with Crippen LogP contribution < -0.4 is 20.5 Å². The summed E-state index contributed by atoms with van der Waals surface area (Å²) in [5.74, 6) is -0.528. The van der Waals surface area contributed by atoms with Crippen molar-refractivity contribution in [1.82, 2.24) is 24.7 Å². The molecular formula is C23H20FN7O3. The average Bonchev–Trinajstić information content (AvgIpc) is 3.24. The lowest BCUT2D eigenvalue weighted by Gasteiger charge is -2.20. The van der Waals surface area contributed by atoms with Crippen LogP contribution in [-0.2, 0) is 0 Å². The molecule has 2 aromatic heterocycles. The highest BCUT2D eigenvalue weighted by Crippen LogP contribution is 2.36. The molecule has 4 aromatic rings. The molecule has 0 aliphatic rings. The van der Waals surface area contributed by atoms with Crippen molar-refractivity contribution in [2.24, 2.45) is 0 Å². The zero-order valence-electron chi connectivity index (χ0n) is 18.3. The topological polar surface area (TPSA) is 131 Å². The third-order valence-corrected chi connectivity index (χ3v) is 4.88. The van der Waals surface area contributed by atoms with Gasteiger partial charge in [-0.05, 0) is 42.8 Å². The van der Waals surface area contributed by atoms with Crippen LogP contribution >= 0.6 is 0 Å². The van der Waals surface area contributed by atoms with E-state index >= 15 is 0 Å². The van der Waals surface area contributed by atoms with Gasteiger partial charge in [-0.25, -0.2) is 19.2 Å². The number of benzene rings is 2. The first-order chi connectivity index (χ1) is 16.5. The number of aromatic nitrogens is 5. The molecule has 1 unspecified atom stereocenters. The standard InChI is InChI=1S/C23H20FN7O3/c1-14-4-6-16(7-5-14)28-19(15-12-17(24)20(34-11-8-25)18(13-15)33-2)21-29-23(32)31(30-21)22-26-9-3-10-27-22/h3-7,9-10,12-13,19,28H,11H2,1-2H3,(H,29,30,32). The molecule has 34 heavy (non-hydrogen) atoms. The van der Waals surface area contributed by atoms with Crippen LogP contribution in [0.5, 0.6) is 11.5 Å². The Balaban J connectivity index is 1.81. The van der Waals surface area contributed by atoms with Crippen LogP contribution in [0.3, 0.4) is 0 Å². The van der Waals surface area contributed by atoms with Gasteiger partial charge in [-0.1, -0.05) is 17.7 Å². The number of anilines is 1. The third kappa shape index (κ3) is 4.71. The average molecular weight is 461 g/mol. The van der Waals surface area contributed by atoms with Crippen molar-refractivity contribution in [2.45, 2.75) is 13.0 Å². The number of nitrogens with zero attached hydrogens (tertiary/aromatic N) is 5. The zero-order chi connectivity index (χ0) is 24.1. The van der Waals surface area contributed by atoms with Crippen molar-refractivity contribution in [1.29, 1.82) is 5.26 Å². The number of ether oxygens (including phenoxy) is 2. The van der Waals surface area contributed by atoms with E-state index in [4.69, 9.17) is 14.7 Å². The lowest BCUT2D eigenvalue weighted by atomic mass is 10.0. The lowest BCUT2D eigenvalue weighted by molar-refractivity contribution is 0.312. The number of hydrogen-bond acceptors (Lipinski definition) is 8. The molecule has 0 fully saturated rings. The Morgan fingerprint density at radius 3 is 2.65 bits per heavy atom. The summed E-state index contributed by atoms with van der Waals surface area (Å²) in [4.78, 5) is 23.4. The molecule has 2 aromatic carbocycles. The summed E-state index contributed by atoms with van der Waals surface area (Å²) in [6.45, 7) is 1.62. The molecule has 0 amide bonds. The van der Waals surface area contributed by atoms with E-state index in [1.165, 1.54) is 25.6 Å². The fraction of sp³-hybridized carbons (Fsp3) is 0.174. The van der Waals surface area contributed by atoms with Crippen LogP contribution in [0.2, 0.25) is 0 Å². The summed E-state index contributed by atoms with van der Waals surface area (Å²) in [7, 11) is 1.36. The summed E-state index contributed by atoms with van der Waals surface area (Å²) in [5.41, 5.74) is 1.62. The number of H-pyrrole nitrogens is 1. The predicted molar refractivity (Wildman–Crippen MR) is 120 cm³/mol. The molecule has 0 saturated carbocycles. The molecule has 10 nitrogen and oxygen atoms in total. The second-order valence-corrected chi connectivity index (χ2v) is 7.20. The molecule has 4 rings (SSSR count). The van der Waals surface area contributed by atoms with E-state index in [-0.39, 0.29) is 29.9 Å². The van der Waals surface area contributed by atoms with E-state index in [0.29, 0.717) is 11.3 Å². The van der Waals surface area contributed by atoms with E-state index < -0.39 is 17.5 Å². The maximum Gasteiger partial charge on any atom is 0.350 e. The normalized spacial score (nSPS) is 11.5. The van der Waals surface area contributed by atoms with Crippen molar-refractivity contribution in [3.05, 3.63) is 88.1 Å². The van der Waals surface area contributed by atoms with Crippen LogP contribution in [0.1, 0.15) is 23.0 Å².